The van der Waals surface area contributed by atoms with Crippen molar-refractivity contribution in [1.82, 2.24) is 4.98 Å². The number of anilines is 1. The second kappa shape index (κ2) is 3.86. The van der Waals surface area contributed by atoms with Crippen LogP contribution in [-0.2, 0) is 10.0 Å². The van der Waals surface area contributed by atoms with E-state index >= 15 is 0 Å². The highest BCUT2D eigenvalue weighted by atomic mass is 79.9. The van der Waals surface area contributed by atoms with Gasteiger partial charge < -0.3 is 0 Å². The Morgan fingerprint density at radius 1 is 1.58 bits per heavy atom. The molecule has 1 aromatic rings. The molecule has 0 aliphatic carbocycles. The van der Waals surface area contributed by atoms with E-state index in [4.69, 9.17) is 0 Å². The maximum absolute atomic E-state index is 11.0. The molecule has 0 saturated heterocycles. The molecule has 0 aromatic carbocycles. The highest BCUT2D eigenvalue weighted by molar-refractivity contribution is 9.10. The number of nitrogens with zero attached hydrogens (tertiary/aromatic N) is 1. The van der Waals surface area contributed by atoms with E-state index in [0.717, 1.165) is 0 Å². The first kappa shape index (κ1) is 9.47. The third-order valence-electron chi connectivity index (χ3n) is 1.08. The fourth-order valence-corrected chi connectivity index (χ4v) is 1.51. The van der Waals surface area contributed by atoms with Crippen molar-refractivity contribution in [2.24, 2.45) is 0 Å². The maximum atomic E-state index is 11.0. The highest BCUT2D eigenvalue weighted by Crippen LogP contribution is 2.06. The van der Waals surface area contributed by atoms with Gasteiger partial charge in [0.05, 0.1) is 11.9 Å². The molecule has 1 rings (SSSR count). The summed E-state index contributed by atoms with van der Waals surface area (Å²) in [7, 11) is -3.25. The van der Waals surface area contributed by atoms with Crippen LogP contribution in [0, 0.1) is 0 Å². The van der Waals surface area contributed by atoms with E-state index in [9.17, 15) is 8.42 Å². The topological polar surface area (TPSA) is 59.1 Å². The predicted octanol–water partition coefficient (Wildman–Crippen LogP) is 1.18. The van der Waals surface area contributed by atoms with Gasteiger partial charge in [-0.3, -0.25) is 9.71 Å². The summed E-state index contributed by atoms with van der Waals surface area (Å²) in [5.74, 6) is 0. The quantitative estimate of drug-likeness (QED) is 0.820. The Hall–Kier alpha value is -0.620. The zero-order valence-electron chi connectivity index (χ0n) is 6.07. The normalized spacial score (nSPS) is 11.1. The molecule has 0 aliphatic heterocycles. The van der Waals surface area contributed by atoms with Crippen molar-refractivity contribution < 1.29 is 8.42 Å². The Balaban J connectivity index is 2.78. The molecule has 0 bridgehead atoms. The van der Waals surface area contributed by atoms with Gasteiger partial charge in [-0.1, -0.05) is 15.9 Å². The molecule has 1 heterocycles. The van der Waals surface area contributed by atoms with Crippen molar-refractivity contribution in [3.8, 4) is 0 Å². The van der Waals surface area contributed by atoms with Crippen LogP contribution in [0.3, 0.4) is 0 Å². The molecule has 0 unspecified atom stereocenters. The van der Waals surface area contributed by atoms with E-state index in [1.165, 1.54) is 6.20 Å². The van der Waals surface area contributed by atoms with E-state index in [1.54, 1.807) is 18.3 Å². The molecular formula is C6H7BrN2O2S. The Bertz CT molecular complexity index is 338. The number of hydrogen-bond donors (Lipinski definition) is 1. The van der Waals surface area contributed by atoms with Crippen molar-refractivity contribution >= 4 is 31.6 Å². The smallest absolute Gasteiger partial charge is 0.242 e. The summed E-state index contributed by atoms with van der Waals surface area (Å²) in [5, 5.41) is 0. The second-order valence-corrected chi connectivity index (χ2v) is 5.09. The van der Waals surface area contributed by atoms with Gasteiger partial charge in [0.15, 0.2) is 0 Å². The average molecular weight is 251 g/mol. The highest BCUT2D eigenvalue weighted by Gasteiger charge is 2.06. The van der Waals surface area contributed by atoms with E-state index < -0.39 is 10.0 Å². The minimum Gasteiger partial charge on any atom is -0.281 e. The van der Waals surface area contributed by atoms with Crippen LogP contribution in [0.5, 0.6) is 0 Å². The maximum Gasteiger partial charge on any atom is 0.242 e. The molecule has 1 N–H and O–H groups in total. The lowest BCUT2D eigenvalue weighted by Gasteiger charge is -2.02. The number of hydrogen-bond acceptors (Lipinski definition) is 3. The number of halogens is 1. The Morgan fingerprint density at radius 2 is 2.33 bits per heavy atom. The van der Waals surface area contributed by atoms with Crippen molar-refractivity contribution in [3.63, 3.8) is 0 Å². The summed E-state index contributed by atoms with van der Waals surface area (Å²) in [6.07, 6.45) is 3.02. The second-order valence-electron chi connectivity index (χ2n) is 2.07. The van der Waals surface area contributed by atoms with Gasteiger partial charge in [0.2, 0.25) is 10.0 Å². The monoisotopic (exact) mass is 250 g/mol. The van der Waals surface area contributed by atoms with Crippen LogP contribution in [0.4, 0.5) is 5.69 Å². The van der Waals surface area contributed by atoms with Crippen LogP contribution in [-0.4, -0.2) is 18.1 Å². The molecule has 0 fully saturated rings. The summed E-state index contributed by atoms with van der Waals surface area (Å²) in [5.41, 5.74) is 0.469. The summed E-state index contributed by atoms with van der Waals surface area (Å²) >= 11 is 2.86. The summed E-state index contributed by atoms with van der Waals surface area (Å²) < 4.78 is 24.2. The number of nitrogens with one attached hydrogen (secondary N) is 1. The minimum absolute atomic E-state index is 0.116. The molecule has 0 aliphatic rings. The lowest BCUT2D eigenvalue weighted by atomic mass is 10.4. The Morgan fingerprint density at radius 3 is 2.83 bits per heavy atom. The first-order chi connectivity index (χ1) is 5.64. The number of alkyl halides is 1. The van der Waals surface area contributed by atoms with E-state index in [-0.39, 0.29) is 4.66 Å². The van der Waals surface area contributed by atoms with Crippen molar-refractivity contribution in [2.75, 3.05) is 9.38 Å². The number of pyridine rings is 1. The summed E-state index contributed by atoms with van der Waals surface area (Å²) in [6, 6.07) is 3.29. The average Bonchev–Trinajstić information content (AvgIpc) is 2.06. The third kappa shape index (κ3) is 2.78. The van der Waals surface area contributed by atoms with Gasteiger partial charge in [0.25, 0.3) is 0 Å². The van der Waals surface area contributed by atoms with Gasteiger partial charge in [-0.05, 0) is 12.1 Å². The van der Waals surface area contributed by atoms with Crippen molar-refractivity contribution in [1.29, 1.82) is 0 Å². The predicted molar refractivity (Wildman–Crippen MR) is 50.6 cm³/mol. The molecule has 6 heteroatoms. The number of sulfonamides is 1. The molecule has 12 heavy (non-hydrogen) atoms. The third-order valence-corrected chi connectivity index (χ3v) is 3.72. The Kier molecular flexibility index (Phi) is 3.05. The lowest BCUT2D eigenvalue weighted by molar-refractivity contribution is 0.606. The Labute approximate surface area is 79.2 Å². The van der Waals surface area contributed by atoms with Crippen molar-refractivity contribution in [3.05, 3.63) is 24.5 Å². The zero-order valence-corrected chi connectivity index (χ0v) is 8.47. The molecule has 0 spiro atoms. The lowest BCUT2D eigenvalue weighted by Crippen LogP contribution is -2.13. The van der Waals surface area contributed by atoms with Crippen LogP contribution in [0.15, 0.2) is 24.5 Å². The largest absolute Gasteiger partial charge is 0.281 e. The first-order valence-corrected chi connectivity index (χ1v) is 5.88. The zero-order chi connectivity index (χ0) is 9.03. The van der Waals surface area contributed by atoms with Crippen LogP contribution >= 0.6 is 15.9 Å². The van der Waals surface area contributed by atoms with Gasteiger partial charge in [-0.2, -0.15) is 0 Å². The number of aromatic nitrogens is 1. The molecule has 0 amide bonds. The number of rotatable bonds is 3. The molecule has 1 aromatic heterocycles. The van der Waals surface area contributed by atoms with Crippen LogP contribution in [0.1, 0.15) is 0 Å². The molecule has 4 nitrogen and oxygen atoms in total. The fourth-order valence-electron chi connectivity index (χ4n) is 0.630. The molecule has 0 saturated carbocycles. The van der Waals surface area contributed by atoms with E-state index in [2.05, 4.69) is 25.6 Å². The molecule has 0 radical (unpaired) electrons. The first-order valence-electron chi connectivity index (χ1n) is 3.10. The van der Waals surface area contributed by atoms with Gasteiger partial charge in [-0.25, -0.2) is 8.42 Å². The van der Waals surface area contributed by atoms with Crippen LogP contribution in [0.25, 0.3) is 0 Å². The SMILES string of the molecule is O=S(=O)(CBr)Nc1cccnc1. The minimum atomic E-state index is -3.25. The van der Waals surface area contributed by atoms with Gasteiger partial charge in [0.1, 0.15) is 4.66 Å². The molecular weight excluding hydrogens is 244 g/mol. The van der Waals surface area contributed by atoms with Crippen LogP contribution in [0.2, 0.25) is 0 Å². The molecule has 66 valence electrons. The van der Waals surface area contributed by atoms with E-state index in [0.29, 0.717) is 5.69 Å². The molecule has 0 atom stereocenters. The summed E-state index contributed by atoms with van der Waals surface area (Å²) in [4.78, 5) is 3.76. The summed E-state index contributed by atoms with van der Waals surface area (Å²) in [6.45, 7) is 0. The van der Waals surface area contributed by atoms with Gasteiger partial charge >= 0.3 is 0 Å². The fraction of sp³-hybridized carbons (Fsp3) is 0.167. The standard InChI is InChI=1S/C6H7BrN2O2S/c7-5-12(10,11)9-6-2-1-3-8-4-6/h1-4,9H,5H2. The van der Waals surface area contributed by atoms with Crippen LogP contribution < -0.4 is 4.72 Å². The van der Waals surface area contributed by atoms with Crippen molar-refractivity contribution in [2.45, 2.75) is 0 Å². The van der Waals surface area contributed by atoms with E-state index in [1.807, 2.05) is 0 Å². The van der Waals surface area contributed by atoms with Gasteiger partial charge in [0, 0.05) is 6.20 Å². The van der Waals surface area contributed by atoms with Gasteiger partial charge in [-0.15, -0.1) is 0 Å².